The molecule has 0 spiro atoms. The fourth-order valence-electron chi connectivity index (χ4n) is 1.80. The van der Waals surface area contributed by atoms with E-state index in [0.29, 0.717) is 4.60 Å². The smallest absolute Gasteiger partial charge is 0.165 e. The molecule has 2 atom stereocenters. The lowest BCUT2D eigenvalue weighted by molar-refractivity contribution is 0.488. The molecule has 1 aliphatic rings. The average Bonchev–Trinajstić information content (AvgIpc) is 2.30. The number of hydrogen-bond acceptors (Lipinski definition) is 5. The molecule has 1 aromatic heterocycles. The molecule has 0 fully saturated rings. The summed E-state index contributed by atoms with van der Waals surface area (Å²) in [5.41, 5.74) is 5.32. The van der Waals surface area contributed by atoms with Crippen LogP contribution in [0.4, 0.5) is 8.78 Å². The van der Waals surface area contributed by atoms with Crippen LogP contribution in [0.5, 0.6) is 0 Å². The zero-order chi connectivity index (χ0) is 14.2. The molecule has 0 radical (unpaired) electrons. The lowest BCUT2D eigenvalue weighted by Crippen LogP contribution is -2.44. The van der Waals surface area contributed by atoms with E-state index in [1.54, 1.807) is 0 Å². The molecule has 1 aromatic rings. The number of nitrogens with zero attached hydrogens (tertiary/aromatic N) is 2. The summed E-state index contributed by atoms with van der Waals surface area (Å²) in [6.07, 6.45) is 0. The van der Waals surface area contributed by atoms with Gasteiger partial charge in [-0.25, -0.2) is 22.2 Å². The Balaban J connectivity index is 2.48. The second-order valence-electron chi connectivity index (χ2n) is 4.04. The predicted molar refractivity (Wildman–Crippen MR) is 69.8 cm³/mol. The Morgan fingerprint density at radius 1 is 1.47 bits per heavy atom. The van der Waals surface area contributed by atoms with Crippen LogP contribution in [-0.4, -0.2) is 36.9 Å². The predicted octanol–water partition coefficient (Wildman–Crippen LogP) is 1.15. The standard InChI is InChI=1S/C10H10BrF2N3O2S/c11-8-2-1-5(13)9(16-8)6-4-19(17,18)7(3-12)10(14)15-6/h1-2,6-7H,3-4H2,(H2,14,15)/t6-,7-/m0/s1. The van der Waals surface area contributed by atoms with Crippen molar-refractivity contribution in [3.05, 3.63) is 28.2 Å². The van der Waals surface area contributed by atoms with Crippen molar-refractivity contribution in [2.24, 2.45) is 10.7 Å². The lowest BCUT2D eigenvalue weighted by atomic mass is 10.2. The fraction of sp³-hybridized carbons (Fsp3) is 0.400. The van der Waals surface area contributed by atoms with Crippen LogP contribution < -0.4 is 5.73 Å². The van der Waals surface area contributed by atoms with Crippen molar-refractivity contribution in [3.63, 3.8) is 0 Å². The van der Waals surface area contributed by atoms with Crippen LogP contribution in [0.3, 0.4) is 0 Å². The molecule has 19 heavy (non-hydrogen) atoms. The molecule has 5 nitrogen and oxygen atoms in total. The van der Waals surface area contributed by atoms with Crippen LogP contribution in [0.2, 0.25) is 0 Å². The first-order chi connectivity index (χ1) is 8.85. The minimum atomic E-state index is -3.80. The van der Waals surface area contributed by atoms with E-state index in [2.05, 4.69) is 25.9 Å². The SMILES string of the molecule is NC1=N[C@H](c2nc(Br)ccc2F)CS(=O)(=O)[C@H]1CF. The van der Waals surface area contributed by atoms with Crippen molar-refractivity contribution in [1.29, 1.82) is 0 Å². The first-order valence-electron chi connectivity index (χ1n) is 5.28. The molecule has 9 heteroatoms. The van der Waals surface area contributed by atoms with E-state index in [0.717, 1.165) is 6.07 Å². The van der Waals surface area contributed by atoms with E-state index in [1.807, 2.05) is 0 Å². The zero-order valence-corrected chi connectivity index (χ0v) is 12.0. The Kier molecular flexibility index (Phi) is 3.86. The van der Waals surface area contributed by atoms with Gasteiger partial charge in [-0.2, -0.15) is 0 Å². The van der Waals surface area contributed by atoms with Crippen LogP contribution in [0.25, 0.3) is 0 Å². The van der Waals surface area contributed by atoms with Crippen molar-refractivity contribution < 1.29 is 17.2 Å². The molecule has 1 aliphatic heterocycles. The Morgan fingerprint density at radius 2 is 2.16 bits per heavy atom. The van der Waals surface area contributed by atoms with Crippen LogP contribution in [-0.2, 0) is 9.84 Å². The fourth-order valence-corrected chi connectivity index (χ4v) is 3.65. The molecule has 2 rings (SSSR count). The third-order valence-electron chi connectivity index (χ3n) is 2.75. The number of halogens is 3. The van der Waals surface area contributed by atoms with Gasteiger partial charge in [0.15, 0.2) is 9.84 Å². The molecule has 0 saturated carbocycles. The van der Waals surface area contributed by atoms with Crippen LogP contribution >= 0.6 is 15.9 Å². The van der Waals surface area contributed by atoms with Crippen molar-refractivity contribution >= 4 is 31.6 Å². The second-order valence-corrected chi connectivity index (χ2v) is 7.08. The maximum atomic E-state index is 13.6. The van der Waals surface area contributed by atoms with Gasteiger partial charge >= 0.3 is 0 Å². The number of aliphatic imine (C=N–C) groups is 1. The zero-order valence-electron chi connectivity index (χ0n) is 9.55. The van der Waals surface area contributed by atoms with Gasteiger partial charge in [-0.1, -0.05) is 0 Å². The summed E-state index contributed by atoms with van der Waals surface area (Å²) in [5.74, 6) is -1.54. The number of rotatable bonds is 2. The first-order valence-corrected chi connectivity index (χ1v) is 7.78. The second kappa shape index (κ2) is 5.12. The van der Waals surface area contributed by atoms with Gasteiger partial charge in [-0.15, -0.1) is 0 Å². The summed E-state index contributed by atoms with van der Waals surface area (Å²) in [6.45, 7) is -1.14. The molecule has 0 unspecified atom stereocenters. The number of sulfone groups is 1. The summed E-state index contributed by atoms with van der Waals surface area (Å²) < 4.78 is 50.3. The van der Waals surface area contributed by atoms with Gasteiger partial charge in [0, 0.05) is 0 Å². The molecule has 2 N–H and O–H groups in total. The van der Waals surface area contributed by atoms with E-state index in [4.69, 9.17) is 5.73 Å². The van der Waals surface area contributed by atoms with Gasteiger partial charge in [-0.3, -0.25) is 4.99 Å². The highest BCUT2D eigenvalue weighted by Gasteiger charge is 2.38. The maximum absolute atomic E-state index is 13.6. The summed E-state index contributed by atoms with van der Waals surface area (Å²) in [7, 11) is -3.80. The van der Waals surface area contributed by atoms with E-state index in [1.165, 1.54) is 6.07 Å². The van der Waals surface area contributed by atoms with Gasteiger partial charge in [0.1, 0.15) is 39.9 Å². The topological polar surface area (TPSA) is 85.4 Å². The largest absolute Gasteiger partial charge is 0.386 e. The lowest BCUT2D eigenvalue weighted by Gasteiger charge is -2.24. The van der Waals surface area contributed by atoms with Gasteiger partial charge in [0.05, 0.1) is 5.75 Å². The van der Waals surface area contributed by atoms with Crippen LogP contribution in [0.1, 0.15) is 11.7 Å². The molecular formula is C10H10BrF2N3O2S. The summed E-state index contributed by atoms with van der Waals surface area (Å²) in [6, 6.07) is 1.48. The Morgan fingerprint density at radius 3 is 2.74 bits per heavy atom. The number of aromatic nitrogens is 1. The summed E-state index contributed by atoms with van der Waals surface area (Å²) >= 11 is 3.07. The van der Waals surface area contributed by atoms with Crippen molar-refractivity contribution in [3.8, 4) is 0 Å². The number of alkyl halides is 1. The molecule has 0 aliphatic carbocycles. The van der Waals surface area contributed by atoms with E-state index >= 15 is 0 Å². The first kappa shape index (κ1) is 14.3. The highest BCUT2D eigenvalue weighted by Crippen LogP contribution is 2.27. The van der Waals surface area contributed by atoms with E-state index in [-0.39, 0.29) is 11.5 Å². The molecular weight excluding hydrogens is 344 g/mol. The molecule has 0 amide bonds. The summed E-state index contributed by atoms with van der Waals surface area (Å²) in [5, 5.41) is -1.45. The van der Waals surface area contributed by atoms with Gasteiger partial charge in [0.25, 0.3) is 0 Å². The normalized spacial score (nSPS) is 25.9. The Hall–Kier alpha value is -1.09. The minimum Gasteiger partial charge on any atom is -0.386 e. The maximum Gasteiger partial charge on any atom is 0.165 e. The third kappa shape index (κ3) is 2.76. The number of nitrogens with two attached hydrogens (primary N) is 1. The monoisotopic (exact) mass is 353 g/mol. The van der Waals surface area contributed by atoms with Gasteiger partial charge < -0.3 is 5.73 Å². The summed E-state index contributed by atoms with van der Waals surface area (Å²) in [4.78, 5) is 7.72. The number of hydrogen-bond donors (Lipinski definition) is 1. The van der Waals surface area contributed by atoms with Crippen molar-refractivity contribution in [1.82, 2.24) is 4.98 Å². The van der Waals surface area contributed by atoms with Gasteiger partial charge in [-0.05, 0) is 28.1 Å². The van der Waals surface area contributed by atoms with Crippen LogP contribution in [0.15, 0.2) is 21.7 Å². The highest BCUT2D eigenvalue weighted by atomic mass is 79.9. The molecule has 0 saturated heterocycles. The third-order valence-corrected chi connectivity index (χ3v) is 5.21. The van der Waals surface area contributed by atoms with E-state index < -0.39 is 39.4 Å². The number of amidine groups is 1. The minimum absolute atomic E-state index is 0.127. The van der Waals surface area contributed by atoms with E-state index in [9.17, 15) is 17.2 Å². The molecule has 2 heterocycles. The Labute approximate surface area is 117 Å². The van der Waals surface area contributed by atoms with Crippen LogP contribution in [0, 0.1) is 5.82 Å². The Bertz CT molecular complexity index is 636. The van der Waals surface area contributed by atoms with Crippen molar-refractivity contribution in [2.75, 3.05) is 12.4 Å². The number of pyridine rings is 1. The quantitative estimate of drug-likeness (QED) is 0.808. The molecule has 0 bridgehead atoms. The van der Waals surface area contributed by atoms with Crippen molar-refractivity contribution in [2.45, 2.75) is 11.3 Å². The average molecular weight is 354 g/mol. The molecule has 0 aromatic carbocycles. The highest BCUT2D eigenvalue weighted by molar-refractivity contribution is 9.10. The molecule has 104 valence electrons. The van der Waals surface area contributed by atoms with Gasteiger partial charge in [0.2, 0.25) is 0 Å².